The van der Waals surface area contributed by atoms with Crippen LogP contribution in [-0.2, 0) is 38.0 Å². The molecule has 7 aliphatic rings. The van der Waals surface area contributed by atoms with E-state index in [9.17, 15) is 60.7 Å². The molecule has 3 heterocycles. The lowest BCUT2D eigenvalue weighted by molar-refractivity contribution is -0.388. The minimum atomic E-state index is -1.96. The number of aliphatic hydroxyl groups is 10. The largest absolute Gasteiger partial charge is 0.432 e. The highest BCUT2D eigenvalue weighted by Gasteiger charge is 2.69. The van der Waals surface area contributed by atoms with Gasteiger partial charge in [0.1, 0.15) is 72.9 Å². The third-order valence-electron chi connectivity index (χ3n) is 15.1. The van der Waals surface area contributed by atoms with Crippen molar-refractivity contribution in [2.45, 2.75) is 171 Å². The van der Waals surface area contributed by atoms with Crippen molar-refractivity contribution in [3.63, 3.8) is 0 Å². The molecule has 0 aromatic heterocycles. The molecular weight excluding hydrogens is 744 g/mol. The summed E-state index contributed by atoms with van der Waals surface area (Å²) in [6.45, 7) is 3.70. The average molecular weight is 805 g/mol. The fourth-order valence-electron chi connectivity index (χ4n) is 12.1. The quantitative estimate of drug-likeness (QED) is 0.107. The van der Waals surface area contributed by atoms with Crippen LogP contribution in [-0.4, -0.2) is 175 Å². The van der Waals surface area contributed by atoms with Gasteiger partial charge in [0.05, 0.1) is 25.2 Å². The van der Waals surface area contributed by atoms with E-state index in [1.54, 1.807) is 0 Å². The number of aliphatic hydroxyl groups excluding tert-OH is 10. The van der Waals surface area contributed by atoms with Gasteiger partial charge in [-0.05, 0) is 74.5 Å². The van der Waals surface area contributed by atoms with Crippen LogP contribution in [0, 0.1) is 33.5 Å². The van der Waals surface area contributed by atoms with Gasteiger partial charge in [0.2, 0.25) is 6.29 Å². The fraction of sp³-hybridized carbons (Fsp3) is 0.947. The van der Waals surface area contributed by atoms with Crippen LogP contribution in [0.3, 0.4) is 0 Å². The standard InChI is InChI=1S/C38H60O18/c1-35-9-5-20-36(2)7-4-8-37(3,19(36)6-10-38(20,15-35)11-21(35)42)34(50)56-33-30(55-32-28(49)26(47)23(44)17(13-40)52-32)29(24(45)18(14-41)53-33)54-31-27(48)25(46)22(43)16(12-39)51-31/h16-20,22-33,39-41,43-49H,4-15H2,1-3H3/t16?,17?,18?,19?,20-,22?,23?,24?,25?,26?,27?,28?,29?,30?,31?,32?,33?,35?,36+,37+,38+/m0/s1. The van der Waals surface area contributed by atoms with Crippen LogP contribution in [0.25, 0.3) is 0 Å². The van der Waals surface area contributed by atoms with E-state index >= 15 is 0 Å². The maximum Gasteiger partial charge on any atom is 0.314 e. The summed E-state index contributed by atoms with van der Waals surface area (Å²) in [5.74, 6) is -0.291. The van der Waals surface area contributed by atoms with Crippen molar-refractivity contribution in [3.8, 4) is 0 Å². The average Bonchev–Trinajstić information content (AvgIpc) is 3.35. The Morgan fingerprint density at radius 3 is 1.73 bits per heavy atom. The summed E-state index contributed by atoms with van der Waals surface area (Å²) in [5, 5.41) is 105. The summed E-state index contributed by atoms with van der Waals surface area (Å²) >= 11 is 0. The second kappa shape index (κ2) is 15.5. The summed E-state index contributed by atoms with van der Waals surface area (Å²) in [7, 11) is 0. The molecule has 17 unspecified atom stereocenters. The zero-order chi connectivity index (χ0) is 40.7. The van der Waals surface area contributed by atoms with Crippen molar-refractivity contribution in [1.82, 2.24) is 0 Å². The molecule has 7 rings (SSSR count). The molecule has 1 spiro atoms. The van der Waals surface area contributed by atoms with Crippen LogP contribution in [0.5, 0.6) is 0 Å². The number of esters is 1. The van der Waals surface area contributed by atoms with E-state index in [0.717, 1.165) is 32.1 Å². The molecule has 7 fully saturated rings. The van der Waals surface area contributed by atoms with Crippen LogP contribution in [0.4, 0.5) is 0 Å². The first-order valence-corrected chi connectivity index (χ1v) is 20.0. The maximum absolute atomic E-state index is 14.8. The number of hydrogen-bond acceptors (Lipinski definition) is 18. The number of carbonyl (C=O) groups excluding carboxylic acids is 2. The lowest BCUT2D eigenvalue weighted by Crippen LogP contribution is -2.67. The zero-order valence-electron chi connectivity index (χ0n) is 32.0. The molecule has 3 aliphatic heterocycles. The maximum atomic E-state index is 14.8. The van der Waals surface area contributed by atoms with Crippen LogP contribution in [0.1, 0.15) is 78.6 Å². The van der Waals surface area contributed by atoms with E-state index in [-0.39, 0.29) is 28.1 Å². The highest BCUT2D eigenvalue weighted by Crippen LogP contribution is 2.73. The number of fused-ring (bicyclic) bond motifs is 3. The SMILES string of the molecule is CC12CC[C@@H]3[C@](CCC4[C@](C)(C(=O)OC5OC(CO)C(O)C(OC6OC(CO)C(O)C(O)C6O)C5OC5OC(CO)C(O)C(O)C5O)CCC[C@]43C)(CC1=O)C2. The molecule has 4 aliphatic carbocycles. The predicted molar refractivity (Wildman–Crippen MR) is 185 cm³/mol. The first-order chi connectivity index (χ1) is 26.4. The van der Waals surface area contributed by atoms with Gasteiger partial charge in [0, 0.05) is 11.8 Å². The van der Waals surface area contributed by atoms with Crippen LogP contribution in [0.15, 0.2) is 0 Å². The van der Waals surface area contributed by atoms with E-state index in [0.29, 0.717) is 31.5 Å². The second-order valence-electron chi connectivity index (χ2n) is 18.4. The van der Waals surface area contributed by atoms with Gasteiger partial charge in [-0.25, -0.2) is 0 Å². The van der Waals surface area contributed by atoms with Gasteiger partial charge in [-0.2, -0.15) is 0 Å². The van der Waals surface area contributed by atoms with Crippen molar-refractivity contribution in [2.75, 3.05) is 19.8 Å². The van der Waals surface area contributed by atoms with E-state index < -0.39 is 123 Å². The van der Waals surface area contributed by atoms with Crippen LogP contribution < -0.4 is 0 Å². The van der Waals surface area contributed by atoms with Crippen molar-refractivity contribution < 1.29 is 89.1 Å². The lowest BCUT2D eigenvalue weighted by atomic mass is 9.40. The molecule has 21 atom stereocenters. The van der Waals surface area contributed by atoms with Gasteiger partial charge in [0.15, 0.2) is 18.7 Å². The zero-order valence-corrected chi connectivity index (χ0v) is 32.0. The Labute approximate surface area is 324 Å². The molecule has 4 saturated carbocycles. The van der Waals surface area contributed by atoms with Crippen LogP contribution >= 0.6 is 0 Å². The van der Waals surface area contributed by atoms with Crippen molar-refractivity contribution >= 4 is 11.8 Å². The monoisotopic (exact) mass is 804 g/mol. The summed E-state index contributed by atoms with van der Waals surface area (Å²) in [5.41, 5.74) is -1.80. The van der Waals surface area contributed by atoms with E-state index in [4.69, 9.17) is 28.4 Å². The van der Waals surface area contributed by atoms with Gasteiger partial charge in [0.25, 0.3) is 0 Å². The van der Waals surface area contributed by atoms with E-state index in [2.05, 4.69) is 13.8 Å². The number of ether oxygens (including phenoxy) is 6. The normalized spacial score (nSPS) is 54.6. The molecule has 56 heavy (non-hydrogen) atoms. The van der Waals surface area contributed by atoms with E-state index in [1.807, 2.05) is 6.92 Å². The minimum Gasteiger partial charge on any atom is -0.432 e. The predicted octanol–water partition coefficient (Wildman–Crippen LogP) is -2.65. The molecule has 320 valence electrons. The van der Waals surface area contributed by atoms with Gasteiger partial charge in [-0.1, -0.05) is 20.3 Å². The Morgan fingerprint density at radius 2 is 1.16 bits per heavy atom. The lowest BCUT2D eigenvalue weighted by Gasteiger charge is -2.64. The number of ketones is 1. The number of Topliss-reactive ketones (excluding diaryl/α,β-unsaturated/α-hetero) is 1. The van der Waals surface area contributed by atoms with Crippen molar-refractivity contribution in [2.24, 2.45) is 33.5 Å². The van der Waals surface area contributed by atoms with Crippen LogP contribution in [0.2, 0.25) is 0 Å². The Morgan fingerprint density at radius 1 is 0.643 bits per heavy atom. The Kier molecular flexibility index (Phi) is 11.8. The Hall–Kier alpha value is -1.46. The second-order valence-corrected chi connectivity index (χ2v) is 18.4. The molecule has 2 bridgehead atoms. The summed E-state index contributed by atoms with van der Waals surface area (Å²) < 4.78 is 35.3. The Bertz CT molecular complexity index is 1450. The minimum absolute atomic E-state index is 0.117. The smallest absolute Gasteiger partial charge is 0.314 e. The molecule has 0 radical (unpaired) electrons. The van der Waals surface area contributed by atoms with Gasteiger partial charge in [-0.15, -0.1) is 0 Å². The number of hydrogen-bond donors (Lipinski definition) is 10. The first-order valence-electron chi connectivity index (χ1n) is 20.0. The number of rotatable bonds is 9. The topological polar surface area (TPSA) is 292 Å². The highest BCUT2D eigenvalue weighted by atomic mass is 16.8. The van der Waals surface area contributed by atoms with Crippen molar-refractivity contribution in [3.05, 3.63) is 0 Å². The molecule has 0 aromatic carbocycles. The Balaban J connectivity index is 1.20. The van der Waals surface area contributed by atoms with Gasteiger partial charge < -0.3 is 79.5 Å². The third kappa shape index (κ3) is 6.77. The van der Waals surface area contributed by atoms with Gasteiger partial charge in [-0.3, -0.25) is 9.59 Å². The first kappa shape index (κ1) is 42.7. The summed E-state index contributed by atoms with van der Waals surface area (Å²) in [6, 6.07) is 0. The summed E-state index contributed by atoms with van der Waals surface area (Å²) in [4.78, 5) is 28.0. The summed E-state index contributed by atoms with van der Waals surface area (Å²) in [6.07, 6.45) is -20.0. The van der Waals surface area contributed by atoms with Gasteiger partial charge >= 0.3 is 5.97 Å². The molecular formula is C38H60O18. The third-order valence-corrected chi connectivity index (χ3v) is 15.1. The highest BCUT2D eigenvalue weighted by molar-refractivity contribution is 5.88. The molecule has 0 aromatic rings. The molecule has 0 amide bonds. The van der Waals surface area contributed by atoms with Crippen molar-refractivity contribution in [1.29, 1.82) is 0 Å². The molecule has 3 saturated heterocycles. The van der Waals surface area contributed by atoms with E-state index in [1.165, 1.54) is 0 Å². The fourth-order valence-corrected chi connectivity index (χ4v) is 12.1. The molecule has 18 heteroatoms. The number of carbonyl (C=O) groups is 2. The molecule has 18 nitrogen and oxygen atoms in total. The molecule has 10 N–H and O–H groups in total.